The lowest BCUT2D eigenvalue weighted by molar-refractivity contribution is -0.0282. The van der Waals surface area contributed by atoms with Crippen molar-refractivity contribution >= 4 is 22.8 Å². The van der Waals surface area contributed by atoms with Gasteiger partial charge in [-0.2, -0.15) is 5.10 Å². The second-order valence-electron chi connectivity index (χ2n) is 12.1. The Kier molecular flexibility index (Phi) is 7.03. The summed E-state index contributed by atoms with van der Waals surface area (Å²) in [5, 5.41) is 19.6. The van der Waals surface area contributed by atoms with Crippen molar-refractivity contribution in [3.8, 4) is 5.69 Å². The normalized spacial score (nSPS) is 20.7. The van der Waals surface area contributed by atoms with Crippen LogP contribution < -0.4 is 15.8 Å². The molecule has 2 amide bonds. The molecular weight excluding hydrogens is 508 g/mol. The highest BCUT2D eigenvalue weighted by Crippen LogP contribution is 2.40. The Balaban J connectivity index is 1.14. The van der Waals surface area contributed by atoms with Gasteiger partial charge in [0.1, 0.15) is 11.7 Å². The zero-order valence-electron chi connectivity index (χ0n) is 23.6. The van der Waals surface area contributed by atoms with E-state index in [1.165, 1.54) is 47.2 Å². The highest BCUT2D eigenvalue weighted by Gasteiger charge is 2.36. The molecule has 0 bridgehead atoms. The molecule has 0 unspecified atom stereocenters. The van der Waals surface area contributed by atoms with Crippen molar-refractivity contribution in [2.45, 2.75) is 50.7 Å². The molecule has 5 heterocycles. The van der Waals surface area contributed by atoms with Crippen LogP contribution in [0.15, 0.2) is 41.6 Å². The van der Waals surface area contributed by atoms with E-state index in [0.717, 1.165) is 31.9 Å². The van der Waals surface area contributed by atoms with Gasteiger partial charge in [-0.15, -0.1) is 0 Å². The SMILES string of the molecule is CN(C)C(=O)N1CCC(O)(Cn2cnc3c(cnn3-c3ccc(N4CCC5(CCNCC5)CC4)cc3)c2=O)CC1. The molecular formula is C29H40N8O3. The van der Waals surface area contributed by atoms with E-state index < -0.39 is 5.60 Å². The first-order valence-electron chi connectivity index (χ1n) is 14.4. The van der Waals surface area contributed by atoms with Gasteiger partial charge in [0.05, 0.1) is 24.0 Å². The average Bonchev–Trinajstić information content (AvgIpc) is 3.40. The van der Waals surface area contributed by atoms with Crippen molar-refractivity contribution in [2.75, 3.05) is 58.3 Å². The zero-order chi connectivity index (χ0) is 27.9. The number of urea groups is 1. The van der Waals surface area contributed by atoms with Crippen LogP contribution in [-0.4, -0.2) is 99.2 Å². The summed E-state index contributed by atoms with van der Waals surface area (Å²) in [6.07, 6.45) is 8.93. The molecule has 3 saturated heterocycles. The number of nitrogens with zero attached hydrogens (tertiary/aromatic N) is 7. The predicted molar refractivity (Wildman–Crippen MR) is 154 cm³/mol. The summed E-state index contributed by atoms with van der Waals surface area (Å²) >= 11 is 0. The van der Waals surface area contributed by atoms with Crippen LogP contribution in [0.5, 0.6) is 0 Å². The molecule has 3 aromatic rings. The molecule has 6 rings (SSSR count). The number of hydrogen-bond donors (Lipinski definition) is 2. The number of amides is 2. The standard InChI is InChI=1S/C29H40N8O3/c1-33(2)27(39)35-17-11-29(40,12-18-35)20-36-21-31-25-24(26(36)38)19-32-37(25)23-5-3-22(4-6-23)34-15-9-28(10-16-34)7-13-30-14-8-28/h3-6,19,21,30,40H,7-18,20H2,1-2H3. The van der Waals surface area contributed by atoms with Gasteiger partial charge in [0.25, 0.3) is 5.56 Å². The lowest BCUT2D eigenvalue weighted by Gasteiger charge is -2.45. The second kappa shape index (κ2) is 10.5. The highest BCUT2D eigenvalue weighted by molar-refractivity contribution is 5.75. The summed E-state index contributed by atoms with van der Waals surface area (Å²) in [4.78, 5) is 35.9. The van der Waals surface area contributed by atoms with Gasteiger partial charge in [-0.3, -0.25) is 9.36 Å². The number of piperidine rings is 3. The fourth-order valence-corrected chi connectivity index (χ4v) is 6.62. The van der Waals surface area contributed by atoms with Crippen molar-refractivity contribution in [1.29, 1.82) is 0 Å². The number of carbonyl (C=O) groups excluding carboxylic acids is 1. The molecule has 11 nitrogen and oxygen atoms in total. The zero-order valence-corrected chi connectivity index (χ0v) is 23.6. The maximum atomic E-state index is 13.3. The summed E-state index contributed by atoms with van der Waals surface area (Å²) in [6, 6.07) is 8.27. The number of likely N-dealkylation sites (tertiary alicyclic amines) is 1. The first-order valence-corrected chi connectivity index (χ1v) is 14.4. The first kappa shape index (κ1) is 26.8. The van der Waals surface area contributed by atoms with E-state index in [1.54, 1.807) is 29.9 Å². The van der Waals surface area contributed by atoms with Crippen LogP contribution in [0.3, 0.4) is 0 Å². The Morgan fingerprint density at radius 2 is 1.62 bits per heavy atom. The molecule has 2 N–H and O–H groups in total. The van der Waals surface area contributed by atoms with Crippen LogP contribution in [-0.2, 0) is 6.54 Å². The van der Waals surface area contributed by atoms with Crippen LogP contribution >= 0.6 is 0 Å². The minimum Gasteiger partial charge on any atom is -0.388 e. The molecule has 3 fully saturated rings. The van der Waals surface area contributed by atoms with Gasteiger partial charge >= 0.3 is 6.03 Å². The lowest BCUT2D eigenvalue weighted by Crippen LogP contribution is -2.51. The fraction of sp³-hybridized carbons (Fsp3) is 0.586. The van der Waals surface area contributed by atoms with E-state index in [-0.39, 0.29) is 18.1 Å². The Morgan fingerprint density at radius 3 is 2.27 bits per heavy atom. The van der Waals surface area contributed by atoms with Gasteiger partial charge < -0.3 is 25.1 Å². The Bertz CT molecular complexity index is 1410. The van der Waals surface area contributed by atoms with Gasteiger partial charge in [-0.25, -0.2) is 14.5 Å². The van der Waals surface area contributed by atoms with Gasteiger partial charge in [0.15, 0.2) is 5.65 Å². The highest BCUT2D eigenvalue weighted by atomic mass is 16.3. The van der Waals surface area contributed by atoms with E-state index in [4.69, 9.17) is 0 Å². The van der Waals surface area contributed by atoms with Crippen LogP contribution in [0.1, 0.15) is 38.5 Å². The lowest BCUT2D eigenvalue weighted by atomic mass is 9.71. The third kappa shape index (κ3) is 5.08. The number of fused-ring (bicyclic) bond motifs is 1. The molecule has 214 valence electrons. The average molecular weight is 549 g/mol. The predicted octanol–water partition coefficient (Wildman–Crippen LogP) is 2.06. The maximum Gasteiger partial charge on any atom is 0.319 e. The monoisotopic (exact) mass is 548 g/mol. The number of aliphatic hydroxyl groups is 1. The minimum atomic E-state index is -1.07. The molecule has 0 atom stereocenters. The van der Waals surface area contributed by atoms with Gasteiger partial charge in [-0.05, 0) is 81.3 Å². The second-order valence-corrected chi connectivity index (χ2v) is 12.1. The molecule has 11 heteroatoms. The van der Waals surface area contributed by atoms with Gasteiger partial charge in [0.2, 0.25) is 0 Å². The maximum absolute atomic E-state index is 13.3. The summed E-state index contributed by atoms with van der Waals surface area (Å²) in [5.74, 6) is 0. The summed E-state index contributed by atoms with van der Waals surface area (Å²) < 4.78 is 3.16. The number of anilines is 1. The summed E-state index contributed by atoms with van der Waals surface area (Å²) in [6.45, 7) is 5.48. The van der Waals surface area contributed by atoms with Crippen molar-refractivity contribution in [1.82, 2.24) is 34.4 Å². The van der Waals surface area contributed by atoms with Crippen molar-refractivity contribution < 1.29 is 9.90 Å². The van der Waals surface area contributed by atoms with E-state index in [1.807, 2.05) is 12.1 Å². The first-order chi connectivity index (χ1) is 19.3. The number of carbonyl (C=O) groups is 1. The Morgan fingerprint density at radius 1 is 0.975 bits per heavy atom. The number of nitrogens with one attached hydrogen (secondary N) is 1. The van der Waals surface area contributed by atoms with Crippen molar-refractivity contribution in [3.05, 3.63) is 47.1 Å². The largest absolute Gasteiger partial charge is 0.388 e. The number of rotatable bonds is 4. The van der Waals surface area contributed by atoms with Gasteiger partial charge in [0, 0.05) is 46.0 Å². The van der Waals surface area contributed by atoms with Crippen LogP contribution in [0.25, 0.3) is 16.7 Å². The topological polar surface area (TPSA) is 112 Å². The Hall–Kier alpha value is -3.44. The molecule has 3 aliphatic heterocycles. The van der Waals surface area contributed by atoms with Crippen molar-refractivity contribution in [2.24, 2.45) is 5.41 Å². The van der Waals surface area contributed by atoms with E-state index >= 15 is 0 Å². The number of aromatic nitrogens is 4. The Labute approximate surface area is 234 Å². The van der Waals surface area contributed by atoms with E-state index in [9.17, 15) is 14.7 Å². The van der Waals surface area contributed by atoms with Crippen molar-refractivity contribution in [3.63, 3.8) is 0 Å². The minimum absolute atomic E-state index is 0.0655. The van der Waals surface area contributed by atoms with Crippen LogP contribution in [0, 0.1) is 5.41 Å². The smallest absolute Gasteiger partial charge is 0.319 e. The molecule has 0 aliphatic carbocycles. The van der Waals surface area contributed by atoms with Crippen LogP contribution in [0.4, 0.5) is 10.5 Å². The summed E-state index contributed by atoms with van der Waals surface area (Å²) in [7, 11) is 3.44. The fourth-order valence-electron chi connectivity index (χ4n) is 6.62. The van der Waals surface area contributed by atoms with Gasteiger partial charge in [-0.1, -0.05) is 0 Å². The summed E-state index contributed by atoms with van der Waals surface area (Å²) in [5.41, 5.74) is 1.78. The molecule has 3 aliphatic rings. The molecule has 2 aromatic heterocycles. The quantitative estimate of drug-likeness (QED) is 0.513. The molecule has 1 aromatic carbocycles. The molecule has 0 radical (unpaired) electrons. The van der Waals surface area contributed by atoms with Crippen LogP contribution in [0.2, 0.25) is 0 Å². The third-order valence-corrected chi connectivity index (χ3v) is 9.31. The number of hydrogen-bond acceptors (Lipinski definition) is 7. The number of benzene rings is 1. The van der Waals surface area contributed by atoms with E-state index in [0.29, 0.717) is 42.4 Å². The molecule has 0 saturated carbocycles. The third-order valence-electron chi connectivity index (χ3n) is 9.31. The van der Waals surface area contributed by atoms with E-state index in [2.05, 4.69) is 32.4 Å². The molecule has 40 heavy (non-hydrogen) atoms. The molecule has 1 spiro atoms.